The van der Waals surface area contributed by atoms with Crippen LogP contribution in [0.4, 0.5) is 11.4 Å². The normalized spacial score (nSPS) is 9.18. The molecule has 1 aromatic carbocycles. The second-order valence-corrected chi connectivity index (χ2v) is 4.33. The van der Waals surface area contributed by atoms with Crippen LogP contribution in [0, 0.1) is 0 Å². The molecule has 0 spiro atoms. The fourth-order valence-electron chi connectivity index (χ4n) is 1.95. The monoisotopic (exact) mass is 345 g/mol. The molecule has 2 rings (SSSR count). The van der Waals surface area contributed by atoms with Crippen molar-refractivity contribution in [3.05, 3.63) is 42.2 Å². The Hall–Kier alpha value is -1.85. The number of rotatable bonds is 6. The Morgan fingerprint density at radius 2 is 1.82 bits per heavy atom. The molecule has 0 bridgehead atoms. The lowest BCUT2D eigenvalue weighted by Crippen LogP contribution is -2.07. The molecular weight excluding hydrogens is 325 g/mol. The number of nitrogen functional groups attached to an aromatic ring is 1. The van der Waals surface area contributed by atoms with E-state index in [9.17, 15) is 0 Å². The van der Waals surface area contributed by atoms with Gasteiger partial charge in [-0.3, -0.25) is 4.98 Å². The van der Waals surface area contributed by atoms with Crippen molar-refractivity contribution in [1.29, 1.82) is 0 Å². The Morgan fingerprint density at radius 3 is 2.45 bits per heavy atom. The Morgan fingerprint density at radius 1 is 1.09 bits per heavy atom. The molecule has 1 heterocycles. The Kier molecular flexibility index (Phi) is 9.13. The molecule has 0 fully saturated rings. The standard InChI is InChI=1S/C15H19N3O2.2ClH/c1-19-14-4-3-11(9-15(14)20-2)5-8-18-13-6-7-17-10-12(13)16;;/h3-4,6-7,9-10H,5,8,16H2,1-2H3,(H,17,18);2*1H. The van der Waals surface area contributed by atoms with Gasteiger partial charge in [-0.15, -0.1) is 24.8 Å². The fourth-order valence-corrected chi connectivity index (χ4v) is 1.95. The summed E-state index contributed by atoms with van der Waals surface area (Å²) in [4.78, 5) is 3.96. The van der Waals surface area contributed by atoms with E-state index < -0.39 is 0 Å². The van der Waals surface area contributed by atoms with Crippen LogP contribution in [-0.2, 0) is 6.42 Å². The summed E-state index contributed by atoms with van der Waals surface area (Å²) in [7, 11) is 3.27. The van der Waals surface area contributed by atoms with Crippen LogP contribution >= 0.6 is 24.8 Å². The summed E-state index contributed by atoms with van der Waals surface area (Å²) < 4.78 is 10.5. The van der Waals surface area contributed by atoms with Crippen molar-refractivity contribution in [3.8, 4) is 11.5 Å². The zero-order valence-electron chi connectivity index (χ0n) is 12.5. The average molecular weight is 346 g/mol. The molecule has 0 aliphatic rings. The first-order valence-corrected chi connectivity index (χ1v) is 6.39. The molecule has 0 amide bonds. The highest BCUT2D eigenvalue weighted by molar-refractivity contribution is 5.85. The van der Waals surface area contributed by atoms with E-state index in [1.54, 1.807) is 26.6 Å². The summed E-state index contributed by atoms with van der Waals surface area (Å²) >= 11 is 0. The number of halogens is 2. The predicted molar refractivity (Wildman–Crippen MR) is 94.9 cm³/mol. The lowest BCUT2D eigenvalue weighted by atomic mass is 10.1. The number of nitrogens with two attached hydrogens (primary N) is 1. The summed E-state index contributed by atoms with van der Waals surface area (Å²) in [6.45, 7) is 0.781. The van der Waals surface area contributed by atoms with E-state index >= 15 is 0 Å². The number of anilines is 2. The van der Waals surface area contributed by atoms with Crippen molar-refractivity contribution < 1.29 is 9.47 Å². The molecule has 0 saturated carbocycles. The van der Waals surface area contributed by atoms with E-state index in [4.69, 9.17) is 15.2 Å². The predicted octanol–water partition coefficient (Wildman–Crippen LogP) is 3.18. The number of ether oxygens (including phenoxy) is 2. The average Bonchev–Trinajstić information content (AvgIpc) is 2.49. The molecule has 122 valence electrons. The van der Waals surface area contributed by atoms with Gasteiger partial charge in [0.1, 0.15) is 0 Å². The van der Waals surface area contributed by atoms with E-state index in [0.717, 1.165) is 30.2 Å². The smallest absolute Gasteiger partial charge is 0.160 e. The van der Waals surface area contributed by atoms with Gasteiger partial charge in [0.15, 0.2) is 11.5 Å². The maximum atomic E-state index is 5.82. The zero-order valence-corrected chi connectivity index (χ0v) is 14.2. The van der Waals surface area contributed by atoms with Gasteiger partial charge in [0.05, 0.1) is 31.8 Å². The van der Waals surface area contributed by atoms with E-state index in [1.807, 2.05) is 24.3 Å². The van der Waals surface area contributed by atoms with Crippen LogP contribution < -0.4 is 20.5 Å². The minimum absolute atomic E-state index is 0. The summed E-state index contributed by atoms with van der Waals surface area (Å²) in [6.07, 6.45) is 4.22. The number of pyridine rings is 1. The first-order chi connectivity index (χ1) is 9.74. The van der Waals surface area contributed by atoms with Crippen LogP contribution in [0.5, 0.6) is 11.5 Å². The summed E-state index contributed by atoms with van der Waals surface area (Å²) in [5, 5.41) is 3.29. The van der Waals surface area contributed by atoms with Crippen LogP contribution in [0.25, 0.3) is 0 Å². The minimum Gasteiger partial charge on any atom is -0.493 e. The molecule has 5 nitrogen and oxygen atoms in total. The van der Waals surface area contributed by atoms with E-state index in [0.29, 0.717) is 5.69 Å². The molecule has 0 radical (unpaired) electrons. The van der Waals surface area contributed by atoms with Crippen LogP contribution in [0.3, 0.4) is 0 Å². The number of aromatic nitrogens is 1. The van der Waals surface area contributed by atoms with Gasteiger partial charge >= 0.3 is 0 Å². The quantitative estimate of drug-likeness (QED) is 0.841. The van der Waals surface area contributed by atoms with Crippen molar-refractivity contribution >= 4 is 36.2 Å². The zero-order chi connectivity index (χ0) is 14.4. The molecule has 7 heteroatoms. The van der Waals surface area contributed by atoms with Gasteiger partial charge < -0.3 is 20.5 Å². The van der Waals surface area contributed by atoms with Crippen LogP contribution in [0.15, 0.2) is 36.7 Å². The second-order valence-electron chi connectivity index (χ2n) is 4.33. The molecule has 0 unspecified atom stereocenters. The van der Waals surface area contributed by atoms with Crippen LogP contribution in [0.1, 0.15) is 5.56 Å². The number of hydrogen-bond donors (Lipinski definition) is 2. The molecule has 0 aliphatic carbocycles. The molecule has 2 aromatic rings. The molecule has 0 saturated heterocycles. The lowest BCUT2D eigenvalue weighted by molar-refractivity contribution is 0.354. The molecular formula is C15H21Cl2N3O2. The van der Waals surface area contributed by atoms with Gasteiger partial charge in [-0.05, 0) is 30.2 Å². The Labute approximate surface area is 143 Å². The summed E-state index contributed by atoms with van der Waals surface area (Å²) in [6, 6.07) is 7.79. The van der Waals surface area contributed by atoms with Crippen molar-refractivity contribution in [3.63, 3.8) is 0 Å². The number of nitrogens with one attached hydrogen (secondary N) is 1. The second kappa shape index (κ2) is 9.97. The van der Waals surface area contributed by atoms with Gasteiger partial charge in [-0.2, -0.15) is 0 Å². The van der Waals surface area contributed by atoms with Crippen molar-refractivity contribution in [1.82, 2.24) is 4.98 Å². The van der Waals surface area contributed by atoms with Crippen LogP contribution in [-0.4, -0.2) is 25.7 Å². The van der Waals surface area contributed by atoms with Gasteiger partial charge in [-0.1, -0.05) is 6.07 Å². The number of hydrogen-bond acceptors (Lipinski definition) is 5. The highest BCUT2D eigenvalue weighted by Crippen LogP contribution is 2.27. The van der Waals surface area contributed by atoms with E-state index in [-0.39, 0.29) is 24.8 Å². The molecule has 1 aromatic heterocycles. The number of methoxy groups -OCH3 is 2. The molecule has 0 aliphatic heterocycles. The third-order valence-corrected chi connectivity index (χ3v) is 3.03. The first-order valence-electron chi connectivity index (χ1n) is 6.39. The molecule has 3 N–H and O–H groups in total. The number of benzene rings is 1. The summed E-state index contributed by atoms with van der Waals surface area (Å²) in [5.41, 5.74) is 8.55. The van der Waals surface area contributed by atoms with E-state index in [2.05, 4.69) is 10.3 Å². The van der Waals surface area contributed by atoms with Crippen molar-refractivity contribution in [2.24, 2.45) is 0 Å². The van der Waals surface area contributed by atoms with Crippen LogP contribution in [0.2, 0.25) is 0 Å². The Bertz CT molecular complexity index is 582. The third kappa shape index (κ3) is 5.16. The van der Waals surface area contributed by atoms with Crippen molar-refractivity contribution in [2.45, 2.75) is 6.42 Å². The maximum absolute atomic E-state index is 5.82. The first kappa shape index (κ1) is 20.1. The van der Waals surface area contributed by atoms with Gasteiger partial charge in [0.25, 0.3) is 0 Å². The lowest BCUT2D eigenvalue weighted by Gasteiger charge is -2.11. The van der Waals surface area contributed by atoms with Gasteiger partial charge in [0.2, 0.25) is 0 Å². The fraction of sp³-hybridized carbons (Fsp3) is 0.267. The van der Waals surface area contributed by atoms with E-state index in [1.165, 1.54) is 5.56 Å². The topological polar surface area (TPSA) is 69.4 Å². The Balaban J connectivity index is 0.00000220. The highest BCUT2D eigenvalue weighted by atomic mass is 35.5. The molecule has 0 atom stereocenters. The SMILES string of the molecule is COc1ccc(CCNc2ccncc2N)cc1OC.Cl.Cl. The number of nitrogens with zero attached hydrogens (tertiary/aromatic N) is 1. The maximum Gasteiger partial charge on any atom is 0.160 e. The van der Waals surface area contributed by atoms with Crippen molar-refractivity contribution in [2.75, 3.05) is 31.8 Å². The van der Waals surface area contributed by atoms with Gasteiger partial charge in [0, 0.05) is 12.7 Å². The largest absolute Gasteiger partial charge is 0.493 e. The third-order valence-electron chi connectivity index (χ3n) is 3.03. The molecule has 22 heavy (non-hydrogen) atoms. The van der Waals surface area contributed by atoms with Gasteiger partial charge in [-0.25, -0.2) is 0 Å². The minimum atomic E-state index is 0. The summed E-state index contributed by atoms with van der Waals surface area (Å²) in [5.74, 6) is 1.48. The highest BCUT2D eigenvalue weighted by Gasteiger charge is 2.04.